The van der Waals surface area contributed by atoms with E-state index in [1.165, 1.54) is 0 Å². The molecule has 3 heterocycles. The Morgan fingerprint density at radius 1 is 1.40 bits per heavy atom. The van der Waals surface area contributed by atoms with Crippen LogP contribution in [0.2, 0.25) is 0 Å². The van der Waals surface area contributed by atoms with Gasteiger partial charge in [0.15, 0.2) is 5.69 Å². The molecule has 2 aliphatic heterocycles. The van der Waals surface area contributed by atoms with E-state index in [4.69, 9.17) is 4.52 Å². The zero-order valence-electron chi connectivity index (χ0n) is 11.7. The van der Waals surface area contributed by atoms with Crippen molar-refractivity contribution in [2.24, 2.45) is 0 Å². The van der Waals surface area contributed by atoms with E-state index in [0.717, 1.165) is 45.7 Å². The molecule has 20 heavy (non-hydrogen) atoms. The van der Waals surface area contributed by atoms with Gasteiger partial charge in [-0.05, 0) is 13.3 Å². The lowest BCUT2D eigenvalue weighted by molar-refractivity contribution is 0.0763. The minimum Gasteiger partial charge on any atom is -0.361 e. The van der Waals surface area contributed by atoms with Gasteiger partial charge in [-0.15, -0.1) is 12.4 Å². The van der Waals surface area contributed by atoms with Gasteiger partial charge in [0.05, 0.1) is 0 Å². The maximum Gasteiger partial charge on any atom is 0.276 e. The molecule has 0 spiro atoms. The number of carbonyl (C=O) groups is 1. The molecule has 3 rings (SSSR count). The highest BCUT2D eigenvalue weighted by atomic mass is 35.5. The molecule has 1 aromatic heterocycles. The van der Waals surface area contributed by atoms with Gasteiger partial charge in [-0.1, -0.05) is 5.16 Å². The lowest BCUT2D eigenvalue weighted by Gasteiger charge is -2.32. The Kier molecular flexibility index (Phi) is 5.01. The maximum absolute atomic E-state index is 12.3. The Hall–Kier alpha value is -1.11. The van der Waals surface area contributed by atoms with Crippen molar-refractivity contribution in [2.45, 2.75) is 19.4 Å². The number of hydrogen-bond donors (Lipinski definition) is 1. The van der Waals surface area contributed by atoms with Crippen molar-refractivity contribution in [3.63, 3.8) is 0 Å². The molecule has 0 aromatic carbocycles. The molecule has 1 atom stereocenters. The number of nitrogens with one attached hydrogen (secondary N) is 1. The lowest BCUT2D eigenvalue weighted by atomic mass is 10.2. The number of aryl methyl sites for hydroxylation is 1. The summed E-state index contributed by atoms with van der Waals surface area (Å²) in [4.78, 5) is 16.6. The van der Waals surface area contributed by atoms with Gasteiger partial charge in [0.25, 0.3) is 5.91 Å². The van der Waals surface area contributed by atoms with E-state index in [-0.39, 0.29) is 18.3 Å². The highest BCUT2D eigenvalue weighted by Gasteiger charge is 2.32. The van der Waals surface area contributed by atoms with Crippen LogP contribution in [0.5, 0.6) is 0 Å². The lowest BCUT2D eigenvalue weighted by Crippen LogP contribution is -2.49. The summed E-state index contributed by atoms with van der Waals surface area (Å²) in [6, 6.07) is 2.21. The molecule has 1 amide bonds. The van der Waals surface area contributed by atoms with Crippen molar-refractivity contribution in [1.82, 2.24) is 20.3 Å². The van der Waals surface area contributed by atoms with E-state index >= 15 is 0 Å². The summed E-state index contributed by atoms with van der Waals surface area (Å²) in [5.41, 5.74) is 0.429. The second-order valence-electron chi connectivity index (χ2n) is 5.30. The third kappa shape index (κ3) is 3.13. The van der Waals surface area contributed by atoms with Crippen LogP contribution in [0.1, 0.15) is 22.7 Å². The van der Waals surface area contributed by atoms with E-state index < -0.39 is 0 Å². The molecule has 112 valence electrons. The molecule has 0 bridgehead atoms. The summed E-state index contributed by atoms with van der Waals surface area (Å²) in [6.45, 7) is 7.69. The van der Waals surface area contributed by atoms with E-state index in [2.05, 4.69) is 15.4 Å². The Morgan fingerprint density at radius 3 is 2.80 bits per heavy atom. The Labute approximate surface area is 124 Å². The molecule has 2 saturated heterocycles. The zero-order valence-corrected chi connectivity index (χ0v) is 12.5. The fourth-order valence-electron chi connectivity index (χ4n) is 2.90. The molecule has 0 saturated carbocycles. The van der Waals surface area contributed by atoms with Crippen molar-refractivity contribution in [3.8, 4) is 0 Å². The zero-order chi connectivity index (χ0) is 13.2. The van der Waals surface area contributed by atoms with Crippen molar-refractivity contribution >= 4 is 18.3 Å². The second kappa shape index (κ2) is 6.56. The van der Waals surface area contributed by atoms with Gasteiger partial charge in [-0.3, -0.25) is 9.69 Å². The number of nitrogens with zero attached hydrogens (tertiary/aromatic N) is 3. The van der Waals surface area contributed by atoms with Crippen LogP contribution in [0.25, 0.3) is 0 Å². The number of carbonyl (C=O) groups excluding carboxylic acids is 1. The topological polar surface area (TPSA) is 61.6 Å². The second-order valence-corrected chi connectivity index (χ2v) is 5.30. The fourth-order valence-corrected chi connectivity index (χ4v) is 2.90. The van der Waals surface area contributed by atoms with Crippen molar-refractivity contribution in [2.75, 3.05) is 39.3 Å². The monoisotopic (exact) mass is 300 g/mol. The molecular weight excluding hydrogens is 280 g/mol. The van der Waals surface area contributed by atoms with Gasteiger partial charge in [0.2, 0.25) is 0 Å². The van der Waals surface area contributed by atoms with Crippen LogP contribution < -0.4 is 5.32 Å². The molecule has 1 unspecified atom stereocenters. The number of aromatic nitrogens is 1. The van der Waals surface area contributed by atoms with Crippen LogP contribution >= 0.6 is 12.4 Å². The van der Waals surface area contributed by atoms with Gasteiger partial charge in [0, 0.05) is 51.4 Å². The summed E-state index contributed by atoms with van der Waals surface area (Å²) in [5, 5.41) is 7.16. The van der Waals surface area contributed by atoms with Crippen LogP contribution in [0, 0.1) is 6.92 Å². The van der Waals surface area contributed by atoms with Crippen molar-refractivity contribution in [1.29, 1.82) is 0 Å². The first kappa shape index (κ1) is 15.3. The van der Waals surface area contributed by atoms with Gasteiger partial charge in [0.1, 0.15) is 5.76 Å². The van der Waals surface area contributed by atoms with E-state index in [1.807, 2.05) is 4.90 Å². The van der Waals surface area contributed by atoms with E-state index in [0.29, 0.717) is 17.5 Å². The number of halogens is 1. The van der Waals surface area contributed by atoms with Gasteiger partial charge >= 0.3 is 0 Å². The van der Waals surface area contributed by atoms with Crippen molar-refractivity contribution in [3.05, 3.63) is 17.5 Å². The van der Waals surface area contributed by atoms with Gasteiger partial charge in [-0.25, -0.2) is 0 Å². The first-order valence-electron chi connectivity index (χ1n) is 6.91. The summed E-state index contributed by atoms with van der Waals surface area (Å²) in [6.07, 6.45) is 1.06. The van der Waals surface area contributed by atoms with Crippen molar-refractivity contribution < 1.29 is 9.32 Å². The minimum atomic E-state index is -0.00511. The van der Waals surface area contributed by atoms with Crippen LogP contribution in [0.15, 0.2) is 10.6 Å². The molecule has 6 nitrogen and oxygen atoms in total. The molecule has 0 aliphatic carbocycles. The number of rotatable bonds is 2. The largest absolute Gasteiger partial charge is 0.361 e. The van der Waals surface area contributed by atoms with Crippen LogP contribution in [0.3, 0.4) is 0 Å². The smallest absolute Gasteiger partial charge is 0.276 e. The van der Waals surface area contributed by atoms with Crippen LogP contribution in [0.4, 0.5) is 0 Å². The molecular formula is C13H21ClN4O2. The summed E-state index contributed by atoms with van der Waals surface area (Å²) in [7, 11) is 0. The maximum atomic E-state index is 12.3. The summed E-state index contributed by atoms with van der Waals surface area (Å²) in [5.74, 6) is 0.677. The first-order valence-corrected chi connectivity index (χ1v) is 6.91. The highest BCUT2D eigenvalue weighted by Crippen LogP contribution is 2.18. The third-order valence-corrected chi connectivity index (χ3v) is 3.97. The van der Waals surface area contributed by atoms with Gasteiger partial charge < -0.3 is 14.7 Å². The SMILES string of the molecule is Cc1cc(C(=O)N2CCC(N3CCNCC3)C2)no1.Cl. The molecule has 2 fully saturated rings. The summed E-state index contributed by atoms with van der Waals surface area (Å²) >= 11 is 0. The normalized spacial score (nSPS) is 23.6. The number of piperazine rings is 1. The van der Waals surface area contributed by atoms with Crippen LogP contribution in [-0.2, 0) is 0 Å². The quantitative estimate of drug-likeness (QED) is 0.863. The molecule has 0 radical (unpaired) electrons. The number of likely N-dealkylation sites (tertiary alicyclic amines) is 1. The third-order valence-electron chi connectivity index (χ3n) is 3.97. The molecule has 2 aliphatic rings. The first-order chi connectivity index (χ1) is 9.24. The Morgan fingerprint density at radius 2 is 2.15 bits per heavy atom. The fraction of sp³-hybridized carbons (Fsp3) is 0.692. The summed E-state index contributed by atoms with van der Waals surface area (Å²) < 4.78 is 4.97. The molecule has 1 N–H and O–H groups in total. The standard InChI is InChI=1S/C13H20N4O2.ClH/c1-10-8-12(15-19-10)13(18)17-5-2-11(9-17)16-6-3-14-4-7-16;/h8,11,14H,2-7,9H2,1H3;1H. The van der Waals surface area contributed by atoms with Crippen LogP contribution in [-0.4, -0.2) is 66.2 Å². The molecule has 7 heteroatoms. The number of hydrogen-bond acceptors (Lipinski definition) is 5. The van der Waals surface area contributed by atoms with E-state index in [1.54, 1.807) is 13.0 Å². The Balaban J connectivity index is 0.00000147. The van der Waals surface area contributed by atoms with E-state index in [9.17, 15) is 4.79 Å². The van der Waals surface area contributed by atoms with Gasteiger partial charge in [-0.2, -0.15) is 0 Å². The average Bonchev–Trinajstić information content (AvgIpc) is 3.08. The predicted octanol–water partition coefficient (Wildman–Crippen LogP) is 0.525. The Bertz CT molecular complexity index is 459. The minimum absolute atomic E-state index is 0. The average molecular weight is 301 g/mol. The number of amides is 1. The highest BCUT2D eigenvalue weighted by molar-refractivity contribution is 5.92. The molecule has 1 aromatic rings. The predicted molar refractivity (Wildman–Crippen MR) is 77.2 cm³/mol.